The van der Waals surface area contributed by atoms with E-state index < -0.39 is 35.0 Å². The van der Waals surface area contributed by atoms with Crippen molar-refractivity contribution in [2.75, 3.05) is 6.61 Å². The quantitative estimate of drug-likeness (QED) is 0.629. The first-order valence-corrected chi connectivity index (χ1v) is 4.95. The zero-order valence-electron chi connectivity index (χ0n) is 9.55. The molecule has 0 aliphatic carbocycles. The van der Waals surface area contributed by atoms with Gasteiger partial charge in [0.15, 0.2) is 11.6 Å². The van der Waals surface area contributed by atoms with Gasteiger partial charge >= 0.3 is 12.3 Å². The van der Waals surface area contributed by atoms with Gasteiger partial charge in [-0.15, -0.1) is 13.2 Å². The molecule has 1 aromatic rings. The first-order valence-electron chi connectivity index (χ1n) is 4.95. The van der Waals surface area contributed by atoms with Crippen LogP contribution in [0.3, 0.4) is 0 Å². The molecule has 0 radical (unpaired) electrons. The number of alkyl halides is 3. The van der Waals surface area contributed by atoms with Crippen LogP contribution in [0.5, 0.6) is 5.75 Å². The van der Waals surface area contributed by atoms with Gasteiger partial charge < -0.3 is 9.47 Å². The van der Waals surface area contributed by atoms with E-state index >= 15 is 0 Å². The van der Waals surface area contributed by atoms with E-state index in [1.54, 1.807) is 0 Å². The summed E-state index contributed by atoms with van der Waals surface area (Å²) in [6.45, 7) is 1.33. The molecule has 0 aliphatic rings. The molecular formula is C11H7F4NO3. The molecule has 19 heavy (non-hydrogen) atoms. The Balaban J connectivity index is 3.35. The molecule has 1 rings (SSSR count). The SMILES string of the molecule is CCOC(=O)c1ccc(C#N)c(F)c1OC(F)(F)F. The number of hydrogen-bond donors (Lipinski definition) is 0. The van der Waals surface area contributed by atoms with Crippen LogP contribution in [0.15, 0.2) is 12.1 Å². The molecule has 4 nitrogen and oxygen atoms in total. The van der Waals surface area contributed by atoms with Crippen molar-refractivity contribution >= 4 is 5.97 Å². The Labute approximate surface area is 105 Å². The van der Waals surface area contributed by atoms with Crippen molar-refractivity contribution in [2.24, 2.45) is 0 Å². The highest BCUT2D eigenvalue weighted by molar-refractivity contribution is 5.92. The van der Waals surface area contributed by atoms with Crippen LogP contribution < -0.4 is 4.74 Å². The molecule has 0 bridgehead atoms. The number of esters is 1. The minimum absolute atomic E-state index is 0.105. The molecular weight excluding hydrogens is 270 g/mol. The molecule has 0 fully saturated rings. The van der Waals surface area contributed by atoms with Crippen LogP contribution in [0.4, 0.5) is 17.6 Å². The van der Waals surface area contributed by atoms with Crippen molar-refractivity contribution in [3.63, 3.8) is 0 Å². The van der Waals surface area contributed by atoms with Crippen molar-refractivity contribution in [3.05, 3.63) is 29.1 Å². The Morgan fingerprint density at radius 3 is 2.53 bits per heavy atom. The second kappa shape index (κ2) is 5.56. The third-order valence-electron chi connectivity index (χ3n) is 1.93. The normalized spacial score (nSPS) is 10.7. The number of ether oxygens (including phenoxy) is 2. The zero-order chi connectivity index (χ0) is 14.6. The molecule has 0 saturated carbocycles. The first-order chi connectivity index (χ1) is 8.80. The number of rotatable bonds is 3. The smallest absolute Gasteiger partial charge is 0.462 e. The predicted molar refractivity (Wildman–Crippen MR) is 53.8 cm³/mol. The fraction of sp³-hybridized carbons (Fsp3) is 0.273. The molecule has 0 spiro atoms. The summed E-state index contributed by atoms with van der Waals surface area (Å²) in [4.78, 5) is 11.4. The second-order valence-electron chi connectivity index (χ2n) is 3.18. The van der Waals surface area contributed by atoms with Gasteiger partial charge in [0.2, 0.25) is 0 Å². The summed E-state index contributed by atoms with van der Waals surface area (Å²) in [7, 11) is 0. The molecule has 0 aliphatic heterocycles. The maximum atomic E-state index is 13.6. The molecule has 102 valence electrons. The van der Waals surface area contributed by atoms with E-state index in [0.717, 1.165) is 12.1 Å². The van der Waals surface area contributed by atoms with Crippen LogP contribution in [0.25, 0.3) is 0 Å². The molecule has 1 aromatic carbocycles. The van der Waals surface area contributed by atoms with Gasteiger partial charge in [0, 0.05) is 0 Å². The van der Waals surface area contributed by atoms with Gasteiger partial charge in [-0.1, -0.05) is 0 Å². The number of hydrogen-bond acceptors (Lipinski definition) is 4. The molecule has 8 heteroatoms. The monoisotopic (exact) mass is 277 g/mol. The summed E-state index contributed by atoms with van der Waals surface area (Å²) in [5.41, 5.74) is -1.41. The van der Waals surface area contributed by atoms with Crippen LogP contribution in [0.2, 0.25) is 0 Å². The Bertz CT molecular complexity index is 534. The maximum Gasteiger partial charge on any atom is 0.573 e. The summed E-state index contributed by atoms with van der Waals surface area (Å²) in [5.74, 6) is -4.11. The van der Waals surface area contributed by atoms with E-state index in [1.807, 2.05) is 0 Å². The van der Waals surface area contributed by atoms with E-state index in [2.05, 4.69) is 9.47 Å². The largest absolute Gasteiger partial charge is 0.573 e. The average Bonchev–Trinajstić information content (AvgIpc) is 2.30. The Morgan fingerprint density at radius 1 is 1.42 bits per heavy atom. The summed E-state index contributed by atoms with van der Waals surface area (Å²) in [6.07, 6.45) is -5.20. The van der Waals surface area contributed by atoms with Gasteiger partial charge in [-0.25, -0.2) is 9.18 Å². The number of halogens is 4. The topological polar surface area (TPSA) is 59.3 Å². The van der Waals surface area contributed by atoms with E-state index in [0.29, 0.717) is 0 Å². The van der Waals surface area contributed by atoms with Gasteiger partial charge in [0.05, 0.1) is 12.2 Å². The molecule has 0 unspecified atom stereocenters. The minimum atomic E-state index is -5.20. The number of carbonyl (C=O) groups excluding carboxylic acids is 1. The number of benzene rings is 1. The molecule has 0 aromatic heterocycles. The van der Waals surface area contributed by atoms with E-state index in [-0.39, 0.29) is 6.61 Å². The molecule has 0 N–H and O–H groups in total. The number of nitrogens with zero attached hydrogens (tertiary/aromatic N) is 1. The Hall–Kier alpha value is -2.30. The summed E-state index contributed by atoms with van der Waals surface area (Å²) < 4.78 is 58.0. The van der Waals surface area contributed by atoms with Gasteiger partial charge in [-0.3, -0.25) is 0 Å². The standard InChI is InChI=1S/C11H7F4NO3/c1-2-18-10(17)7-4-3-6(5-16)8(12)9(7)19-11(13,14)15/h3-4H,2H2,1H3. The van der Waals surface area contributed by atoms with Gasteiger partial charge in [0.25, 0.3) is 0 Å². The average molecular weight is 277 g/mol. The zero-order valence-corrected chi connectivity index (χ0v) is 9.55. The summed E-state index contributed by atoms with van der Waals surface area (Å²) in [6, 6.07) is 3.05. The van der Waals surface area contributed by atoms with Crippen LogP contribution in [-0.4, -0.2) is 18.9 Å². The third-order valence-corrected chi connectivity index (χ3v) is 1.93. The number of nitriles is 1. The predicted octanol–water partition coefficient (Wildman–Crippen LogP) is 2.77. The van der Waals surface area contributed by atoms with Gasteiger partial charge in [0.1, 0.15) is 11.6 Å². The van der Waals surface area contributed by atoms with Gasteiger partial charge in [-0.05, 0) is 19.1 Å². The Morgan fingerprint density at radius 2 is 2.05 bits per heavy atom. The lowest BCUT2D eigenvalue weighted by molar-refractivity contribution is -0.275. The van der Waals surface area contributed by atoms with Crippen LogP contribution >= 0.6 is 0 Å². The second-order valence-corrected chi connectivity index (χ2v) is 3.18. The Kier molecular flexibility index (Phi) is 4.32. The molecule has 0 heterocycles. The van der Waals surface area contributed by atoms with Crippen molar-refractivity contribution in [1.29, 1.82) is 5.26 Å². The highest BCUT2D eigenvalue weighted by Crippen LogP contribution is 2.31. The fourth-order valence-corrected chi connectivity index (χ4v) is 1.23. The van der Waals surface area contributed by atoms with E-state index in [9.17, 15) is 22.4 Å². The first kappa shape index (κ1) is 14.8. The minimum Gasteiger partial charge on any atom is -0.462 e. The highest BCUT2D eigenvalue weighted by atomic mass is 19.4. The van der Waals surface area contributed by atoms with Crippen molar-refractivity contribution in [2.45, 2.75) is 13.3 Å². The van der Waals surface area contributed by atoms with Crippen molar-refractivity contribution in [3.8, 4) is 11.8 Å². The van der Waals surface area contributed by atoms with Crippen molar-refractivity contribution in [1.82, 2.24) is 0 Å². The lowest BCUT2D eigenvalue weighted by atomic mass is 10.1. The summed E-state index contributed by atoms with van der Waals surface area (Å²) >= 11 is 0. The highest BCUT2D eigenvalue weighted by Gasteiger charge is 2.35. The lowest BCUT2D eigenvalue weighted by Gasteiger charge is -2.13. The van der Waals surface area contributed by atoms with E-state index in [1.165, 1.54) is 13.0 Å². The van der Waals surface area contributed by atoms with Crippen LogP contribution in [-0.2, 0) is 4.74 Å². The van der Waals surface area contributed by atoms with Crippen LogP contribution in [0, 0.1) is 17.1 Å². The molecule has 0 amide bonds. The van der Waals surface area contributed by atoms with E-state index in [4.69, 9.17) is 5.26 Å². The lowest BCUT2D eigenvalue weighted by Crippen LogP contribution is -2.21. The number of carbonyl (C=O) groups is 1. The van der Waals surface area contributed by atoms with Crippen LogP contribution in [0.1, 0.15) is 22.8 Å². The third kappa shape index (κ3) is 3.58. The van der Waals surface area contributed by atoms with Gasteiger partial charge in [-0.2, -0.15) is 5.26 Å². The summed E-state index contributed by atoms with van der Waals surface area (Å²) in [5, 5.41) is 8.53. The van der Waals surface area contributed by atoms with Crippen molar-refractivity contribution < 1.29 is 31.8 Å². The molecule has 0 atom stereocenters. The fourth-order valence-electron chi connectivity index (χ4n) is 1.23. The molecule has 0 saturated heterocycles. The maximum absolute atomic E-state index is 13.6.